The zero-order valence-electron chi connectivity index (χ0n) is 16.8. The van der Waals surface area contributed by atoms with Crippen molar-refractivity contribution in [1.82, 2.24) is 10.3 Å². The van der Waals surface area contributed by atoms with Crippen molar-refractivity contribution < 1.29 is 14.0 Å². The minimum Gasteiger partial charge on any atom is -0.332 e. The summed E-state index contributed by atoms with van der Waals surface area (Å²) in [6.45, 7) is 3.98. The number of aryl methyl sites for hydroxylation is 2. The second-order valence-corrected chi connectivity index (χ2v) is 7.39. The molecule has 2 N–H and O–H groups in total. The van der Waals surface area contributed by atoms with E-state index < -0.39 is 5.92 Å². The fourth-order valence-electron chi connectivity index (χ4n) is 3.89. The van der Waals surface area contributed by atoms with Gasteiger partial charge in [0.15, 0.2) is 0 Å². The van der Waals surface area contributed by atoms with Crippen molar-refractivity contribution in [2.75, 3.05) is 5.32 Å². The fraction of sp³-hybridized carbons (Fsp3) is 0.208. The van der Waals surface area contributed by atoms with Crippen molar-refractivity contribution in [3.63, 3.8) is 0 Å². The molecule has 1 aliphatic heterocycles. The van der Waals surface area contributed by atoms with Crippen molar-refractivity contribution in [3.8, 4) is 0 Å². The Hall–Kier alpha value is -3.54. The molecule has 0 spiro atoms. The van der Waals surface area contributed by atoms with E-state index in [1.165, 1.54) is 18.3 Å². The van der Waals surface area contributed by atoms with Crippen LogP contribution in [0.4, 0.5) is 10.1 Å². The maximum absolute atomic E-state index is 13.3. The molecular formula is C24H22FN3O2. The smallest absolute Gasteiger partial charge is 0.253 e. The van der Waals surface area contributed by atoms with Crippen LogP contribution in [0.3, 0.4) is 0 Å². The first-order valence-corrected chi connectivity index (χ1v) is 9.91. The topological polar surface area (TPSA) is 71.1 Å². The summed E-state index contributed by atoms with van der Waals surface area (Å²) in [6.07, 6.45) is 2.31. The van der Waals surface area contributed by atoms with Gasteiger partial charge in [0.1, 0.15) is 5.82 Å². The number of nitrogens with zero attached hydrogens (tertiary/aromatic N) is 1. The number of amides is 2. The van der Waals surface area contributed by atoms with Crippen LogP contribution in [0.25, 0.3) is 10.9 Å². The molecule has 2 amide bonds. The zero-order valence-corrected chi connectivity index (χ0v) is 16.8. The Morgan fingerprint density at radius 2 is 1.93 bits per heavy atom. The van der Waals surface area contributed by atoms with Crippen LogP contribution in [0.5, 0.6) is 0 Å². The first-order valence-electron chi connectivity index (χ1n) is 9.91. The molecule has 0 aliphatic carbocycles. The number of pyridine rings is 1. The Balaban J connectivity index is 1.67. The van der Waals surface area contributed by atoms with Crippen molar-refractivity contribution in [2.45, 2.75) is 32.6 Å². The molecule has 0 bridgehead atoms. The van der Waals surface area contributed by atoms with E-state index in [0.717, 1.165) is 39.8 Å². The van der Waals surface area contributed by atoms with Gasteiger partial charge in [-0.3, -0.25) is 14.6 Å². The quantitative estimate of drug-likeness (QED) is 0.680. The van der Waals surface area contributed by atoms with Gasteiger partial charge < -0.3 is 10.6 Å². The summed E-state index contributed by atoms with van der Waals surface area (Å²) in [6, 6.07) is 13.6. The molecule has 1 aromatic heterocycles. The molecule has 5 nitrogen and oxygen atoms in total. The summed E-state index contributed by atoms with van der Waals surface area (Å²) in [5.74, 6) is -1.27. The third-order valence-corrected chi connectivity index (χ3v) is 5.41. The second-order valence-electron chi connectivity index (χ2n) is 7.39. The molecule has 6 heteroatoms. The molecule has 1 atom stereocenters. The first kappa shape index (κ1) is 19.8. The molecule has 1 aliphatic rings. The number of nitrogens with one attached hydrogen (secondary N) is 2. The number of hydrogen-bond donors (Lipinski definition) is 2. The van der Waals surface area contributed by atoms with Gasteiger partial charge in [-0.1, -0.05) is 25.1 Å². The van der Waals surface area contributed by atoms with Crippen LogP contribution in [0.2, 0.25) is 0 Å². The molecular weight excluding hydrogens is 381 g/mol. The Morgan fingerprint density at radius 3 is 2.67 bits per heavy atom. The average Bonchev–Trinajstić information content (AvgIpc) is 2.74. The monoisotopic (exact) mass is 403 g/mol. The Kier molecular flexibility index (Phi) is 5.31. The van der Waals surface area contributed by atoms with Gasteiger partial charge >= 0.3 is 0 Å². The van der Waals surface area contributed by atoms with E-state index >= 15 is 0 Å². The second kappa shape index (κ2) is 8.06. The molecule has 152 valence electrons. The minimum absolute atomic E-state index is 0.131. The van der Waals surface area contributed by atoms with Gasteiger partial charge in [0.2, 0.25) is 5.91 Å². The van der Waals surface area contributed by atoms with E-state index in [1.54, 1.807) is 12.1 Å². The Labute approximate surface area is 174 Å². The van der Waals surface area contributed by atoms with Crippen molar-refractivity contribution >= 4 is 28.4 Å². The summed E-state index contributed by atoms with van der Waals surface area (Å²) in [7, 11) is 0. The standard InChI is InChI=1S/C24H22FN3O2/c1-3-17-18-9-4-14(2)27-22(18)11-10-21(17)28-24(30)20-13-26-23(29)12-19(20)15-5-7-16(25)8-6-15/h4-11,13,19H,3,12H2,1-2H3,(H,26,29)(H,28,30)/t19-/m0/s1. The van der Waals surface area contributed by atoms with E-state index in [2.05, 4.69) is 15.6 Å². The number of anilines is 1. The minimum atomic E-state index is -0.436. The Morgan fingerprint density at radius 1 is 1.17 bits per heavy atom. The third-order valence-electron chi connectivity index (χ3n) is 5.41. The number of aromatic nitrogens is 1. The molecule has 2 aromatic carbocycles. The van der Waals surface area contributed by atoms with Gasteiger partial charge in [0.25, 0.3) is 5.91 Å². The zero-order chi connectivity index (χ0) is 21.3. The largest absolute Gasteiger partial charge is 0.332 e. The van der Waals surface area contributed by atoms with Crippen molar-refractivity contribution in [1.29, 1.82) is 0 Å². The number of carbonyl (C=O) groups is 2. The molecule has 0 saturated heterocycles. The highest BCUT2D eigenvalue weighted by Gasteiger charge is 2.29. The highest BCUT2D eigenvalue weighted by Crippen LogP contribution is 2.32. The van der Waals surface area contributed by atoms with Crippen LogP contribution in [0, 0.1) is 12.7 Å². The molecule has 3 aromatic rings. The molecule has 4 rings (SSSR count). The fourth-order valence-corrected chi connectivity index (χ4v) is 3.89. The summed E-state index contributed by atoms with van der Waals surface area (Å²) < 4.78 is 13.3. The number of halogens is 1. The van der Waals surface area contributed by atoms with E-state index in [9.17, 15) is 14.0 Å². The van der Waals surface area contributed by atoms with Gasteiger partial charge in [-0.2, -0.15) is 0 Å². The number of hydrogen-bond acceptors (Lipinski definition) is 3. The summed E-state index contributed by atoms with van der Waals surface area (Å²) >= 11 is 0. The normalized spacial score (nSPS) is 16.2. The molecule has 0 saturated carbocycles. The first-order chi connectivity index (χ1) is 14.5. The van der Waals surface area contributed by atoms with E-state index in [1.807, 2.05) is 38.1 Å². The van der Waals surface area contributed by atoms with E-state index in [4.69, 9.17) is 0 Å². The van der Waals surface area contributed by atoms with Crippen LogP contribution in [-0.2, 0) is 16.0 Å². The lowest BCUT2D eigenvalue weighted by atomic mass is 9.86. The Bertz CT molecular complexity index is 1170. The van der Waals surface area contributed by atoms with E-state index in [0.29, 0.717) is 5.57 Å². The number of rotatable bonds is 4. The number of fused-ring (bicyclic) bond motifs is 1. The predicted molar refractivity (Wildman–Crippen MR) is 114 cm³/mol. The average molecular weight is 403 g/mol. The van der Waals surface area contributed by atoms with Gasteiger partial charge in [-0.15, -0.1) is 0 Å². The third kappa shape index (κ3) is 3.81. The van der Waals surface area contributed by atoms with Gasteiger partial charge in [0, 0.05) is 40.9 Å². The van der Waals surface area contributed by atoms with Crippen LogP contribution < -0.4 is 10.6 Å². The molecule has 0 unspecified atom stereocenters. The summed E-state index contributed by atoms with van der Waals surface area (Å²) in [5.41, 5.74) is 4.71. The molecule has 30 heavy (non-hydrogen) atoms. The van der Waals surface area contributed by atoms with Crippen LogP contribution >= 0.6 is 0 Å². The summed E-state index contributed by atoms with van der Waals surface area (Å²) in [5, 5.41) is 6.63. The van der Waals surface area contributed by atoms with Crippen LogP contribution in [-0.4, -0.2) is 16.8 Å². The number of carbonyl (C=O) groups excluding carboxylic acids is 2. The van der Waals surface area contributed by atoms with Gasteiger partial charge in [-0.25, -0.2) is 4.39 Å². The number of benzene rings is 2. The lowest BCUT2D eigenvalue weighted by Gasteiger charge is -2.24. The van der Waals surface area contributed by atoms with Crippen molar-refractivity contribution in [3.05, 3.63) is 82.9 Å². The SMILES string of the molecule is CCc1c(NC(=O)C2=CNC(=O)C[C@H]2c2ccc(F)cc2)ccc2nc(C)ccc12. The highest BCUT2D eigenvalue weighted by atomic mass is 19.1. The van der Waals surface area contributed by atoms with Crippen molar-refractivity contribution in [2.24, 2.45) is 0 Å². The lowest BCUT2D eigenvalue weighted by Crippen LogP contribution is -2.32. The highest BCUT2D eigenvalue weighted by molar-refractivity contribution is 6.07. The van der Waals surface area contributed by atoms with Gasteiger partial charge in [0.05, 0.1) is 5.52 Å². The van der Waals surface area contributed by atoms with Gasteiger partial charge in [-0.05, 0) is 54.8 Å². The van der Waals surface area contributed by atoms with Crippen LogP contribution in [0.1, 0.15) is 36.1 Å². The lowest BCUT2D eigenvalue weighted by molar-refractivity contribution is -0.121. The maximum atomic E-state index is 13.3. The molecule has 2 heterocycles. The maximum Gasteiger partial charge on any atom is 0.253 e. The molecule has 0 radical (unpaired) electrons. The van der Waals surface area contributed by atoms with Crippen LogP contribution in [0.15, 0.2) is 60.3 Å². The summed E-state index contributed by atoms with van der Waals surface area (Å²) in [4.78, 5) is 29.7. The molecule has 0 fully saturated rings. The van der Waals surface area contributed by atoms with E-state index in [-0.39, 0.29) is 24.1 Å². The predicted octanol–water partition coefficient (Wildman–Crippen LogP) is 4.37.